The molecule has 10 heteroatoms. The Kier molecular flexibility index (Phi) is 9.07. The van der Waals surface area contributed by atoms with E-state index in [1.54, 1.807) is 0 Å². The molecule has 6 nitrogen and oxygen atoms in total. The van der Waals surface area contributed by atoms with Crippen LogP contribution < -0.4 is 10.6 Å². The highest BCUT2D eigenvalue weighted by molar-refractivity contribution is 6.30. The number of amides is 2. The van der Waals surface area contributed by atoms with Gasteiger partial charge in [0.05, 0.1) is 11.3 Å². The number of anilines is 1. The molecule has 0 radical (unpaired) electrons. The average Bonchev–Trinajstić information content (AvgIpc) is 2.56. The second-order valence-electron chi connectivity index (χ2n) is 5.69. The second-order valence-corrected chi connectivity index (χ2v) is 6.13. The van der Waals surface area contributed by atoms with Crippen molar-refractivity contribution in [1.82, 2.24) is 5.32 Å². The van der Waals surface area contributed by atoms with Crippen molar-refractivity contribution in [1.29, 1.82) is 0 Å². The minimum Gasteiger partial charge on any atom is -0.456 e. The predicted molar refractivity (Wildman–Crippen MR) is 93.2 cm³/mol. The smallest absolute Gasteiger partial charge is 0.418 e. The lowest BCUT2D eigenvalue weighted by Gasteiger charge is -2.14. The van der Waals surface area contributed by atoms with Crippen LogP contribution in [0.25, 0.3) is 0 Å². The van der Waals surface area contributed by atoms with Gasteiger partial charge in [-0.05, 0) is 31.0 Å². The van der Waals surface area contributed by atoms with Crippen LogP contribution in [0.2, 0.25) is 5.02 Å². The van der Waals surface area contributed by atoms with Crippen molar-refractivity contribution in [2.75, 3.05) is 18.5 Å². The summed E-state index contributed by atoms with van der Waals surface area (Å²) in [6, 6.07) is 2.93. The van der Waals surface area contributed by atoms with E-state index in [1.165, 1.54) is 13.0 Å². The van der Waals surface area contributed by atoms with Gasteiger partial charge in [-0.3, -0.25) is 14.4 Å². The Morgan fingerprint density at radius 2 is 1.85 bits per heavy atom. The SMILES string of the molecule is CC(=O)NCCCCCC(=O)OCC(=O)Nc1ccc(Cl)cc1C(F)(F)F. The van der Waals surface area contributed by atoms with Crippen molar-refractivity contribution in [3.8, 4) is 0 Å². The number of carbonyl (C=O) groups excluding carboxylic acids is 3. The van der Waals surface area contributed by atoms with Gasteiger partial charge < -0.3 is 15.4 Å². The minimum atomic E-state index is -4.69. The van der Waals surface area contributed by atoms with Gasteiger partial charge in [0.1, 0.15) is 0 Å². The zero-order valence-electron chi connectivity index (χ0n) is 14.6. The number of halogens is 4. The fraction of sp³-hybridized carbons (Fsp3) is 0.471. The predicted octanol–water partition coefficient (Wildman–Crippen LogP) is 3.54. The van der Waals surface area contributed by atoms with Crippen molar-refractivity contribution >= 4 is 35.1 Å². The molecule has 2 N–H and O–H groups in total. The number of unbranched alkanes of at least 4 members (excludes halogenated alkanes) is 2. The van der Waals surface area contributed by atoms with E-state index in [1.807, 2.05) is 0 Å². The van der Waals surface area contributed by atoms with E-state index in [9.17, 15) is 27.6 Å². The Labute approximate surface area is 159 Å². The summed E-state index contributed by atoms with van der Waals surface area (Å²) < 4.78 is 43.6. The number of esters is 1. The van der Waals surface area contributed by atoms with Crippen LogP contribution in [0.5, 0.6) is 0 Å². The normalized spacial score (nSPS) is 11.0. The zero-order valence-corrected chi connectivity index (χ0v) is 15.4. The molecule has 2 amide bonds. The van der Waals surface area contributed by atoms with Crippen LogP contribution in [0.4, 0.5) is 18.9 Å². The van der Waals surface area contributed by atoms with Crippen molar-refractivity contribution in [2.24, 2.45) is 0 Å². The van der Waals surface area contributed by atoms with Crippen LogP contribution in [0.3, 0.4) is 0 Å². The number of benzene rings is 1. The van der Waals surface area contributed by atoms with E-state index in [2.05, 4.69) is 10.6 Å². The van der Waals surface area contributed by atoms with Crippen LogP contribution in [0, 0.1) is 0 Å². The van der Waals surface area contributed by atoms with Crippen LogP contribution >= 0.6 is 11.6 Å². The Bertz CT molecular complexity index is 681. The third kappa shape index (κ3) is 9.28. The first-order chi connectivity index (χ1) is 12.6. The first kappa shape index (κ1) is 22.8. The lowest BCUT2D eigenvalue weighted by atomic mass is 10.1. The second kappa shape index (κ2) is 10.8. The Hall–Kier alpha value is -2.29. The highest BCUT2D eigenvalue weighted by Gasteiger charge is 2.34. The minimum absolute atomic E-state index is 0.0715. The lowest BCUT2D eigenvalue weighted by molar-refractivity contribution is -0.147. The van der Waals surface area contributed by atoms with Gasteiger partial charge in [-0.25, -0.2) is 0 Å². The van der Waals surface area contributed by atoms with Gasteiger partial charge in [-0.2, -0.15) is 13.2 Å². The van der Waals surface area contributed by atoms with Gasteiger partial charge >= 0.3 is 12.1 Å². The Morgan fingerprint density at radius 1 is 1.15 bits per heavy atom. The number of nitrogens with one attached hydrogen (secondary N) is 2. The number of hydrogen-bond acceptors (Lipinski definition) is 4. The monoisotopic (exact) mass is 408 g/mol. The molecular weight excluding hydrogens is 389 g/mol. The summed E-state index contributed by atoms with van der Waals surface area (Å²) in [4.78, 5) is 33.9. The molecule has 27 heavy (non-hydrogen) atoms. The van der Waals surface area contributed by atoms with Gasteiger partial charge in [0, 0.05) is 24.9 Å². The van der Waals surface area contributed by atoms with Crippen molar-refractivity contribution < 1.29 is 32.3 Å². The molecule has 150 valence electrons. The number of rotatable bonds is 9. The maximum absolute atomic E-state index is 12.9. The summed E-state index contributed by atoms with van der Waals surface area (Å²) in [6.45, 7) is 1.23. The van der Waals surface area contributed by atoms with Gasteiger partial charge in [-0.1, -0.05) is 18.0 Å². The maximum atomic E-state index is 12.9. The first-order valence-electron chi connectivity index (χ1n) is 8.16. The first-order valence-corrected chi connectivity index (χ1v) is 8.54. The van der Waals surface area contributed by atoms with Gasteiger partial charge in [0.25, 0.3) is 5.91 Å². The van der Waals surface area contributed by atoms with Crippen LogP contribution in [0.15, 0.2) is 18.2 Å². The van der Waals surface area contributed by atoms with Crippen LogP contribution in [-0.2, 0) is 25.3 Å². The molecule has 1 aromatic carbocycles. The van der Waals surface area contributed by atoms with Gasteiger partial charge in [0.2, 0.25) is 5.91 Å². The summed E-state index contributed by atoms with van der Waals surface area (Å²) in [5.74, 6) is -1.64. The highest BCUT2D eigenvalue weighted by Crippen LogP contribution is 2.36. The average molecular weight is 409 g/mol. The van der Waals surface area contributed by atoms with Gasteiger partial charge in [0.15, 0.2) is 6.61 Å². The van der Waals surface area contributed by atoms with Crippen molar-refractivity contribution in [2.45, 2.75) is 38.8 Å². The molecule has 0 aliphatic rings. The Morgan fingerprint density at radius 3 is 2.48 bits per heavy atom. The number of hydrogen-bond donors (Lipinski definition) is 2. The van der Waals surface area contributed by atoms with E-state index in [0.29, 0.717) is 31.9 Å². The fourth-order valence-electron chi connectivity index (χ4n) is 2.10. The topological polar surface area (TPSA) is 84.5 Å². The fourth-order valence-corrected chi connectivity index (χ4v) is 2.27. The molecule has 1 aromatic rings. The molecule has 0 atom stereocenters. The molecule has 0 bridgehead atoms. The zero-order chi connectivity index (χ0) is 20.4. The molecule has 0 heterocycles. The largest absolute Gasteiger partial charge is 0.456 e. The molecule has 0 unspecified atom stereocenters. The standard InChI is InChI=1S/C17H20ClF3N2O4/c1-11(24)22-8-4-2-3-5-16(26)27-10-15(25)23-14-7-6-12(18)9-13(14)17(19,20)21/h6-7,9H,2-5,8,10H2,1H3,(H,22,24)(H,23,25). The van der Waals surface area contributed by atoms with E-state index < -0.39 is 35.9 Å². The van der Waals surface area contributed by atoms with E-state index in [4.69, 9.17) is 16.3 Å². The molecular formula is C17H20ClF3N2O4. The molecule has 0 spiro atoms. The van der Waals surface area contributed by atoms with Gasteiger partial charge in [-0.15, -0.1) is 0 Å². The number of alkyl halides is 3. The Balaban J connectivity index is 2.37. The van der Waals surface area contributed by atoms with Crippen LogP contribution in [0.1, 0.15) is 38.2 Å². The van der Waals surface area contributed by atoms with E-state index >= 15 is 0 Å². The molecule has 1 rings (SSSR count). The number of carbonyl (C=O) groups is 3. The molecule has 0 aromatic heterocycles. The van der Waals surface area contributed by atoms with Crippen molar-refractivity contribution in [3.63, 3.8) is 0 Å². The summed E-state index contributed by atoms with van der Waals surface area (Å²) in [6.07, 6.45) is -2.73. The molecule has 0 aliphatic heterocycles. The molecule has 0 fully saturated rings. The maximum Gasteiger partial charge on any atom is 0.418 e. The molecule has 0 aliphatic carbocycles. The highest BCUT2D eigenvalue weighted by atomic mass is 35.5. The quantitative estimate of drug-likeness (QED) is 0.483. The molecule has 0 saturated carbocycles. The summed E-state index contributed by atoms with van der Waals surface area (Å²) in [7, 11) is 0. The summed E-state index contributed by atoms with van der Waals surface area (Å²) in [5, 5.41) is 4.56. The lowest BCUT2D eigenvalue weighted by Crippen LogP contribution is -2.23. The third-order valence-electron chi connectivity index (χ3n) is 3.36. The van der Waals surface area contributed by atoms with Crippen LogP contribution in [-0.4, -0.2) is 30.9 Å². The summed E-state index contributed by atoms with van der Waals surface area (Å²) >= 11 is 5.56. The number of ether oxygens (including phenoxy) is 1. The van der Waals surface area contributed by atoms with E-state index in [0.717, 1.165) is 6.07 Å². The summed E-state index contributed by atoms with van der Waals surface area (Å²) in [5.41, 5.74) is -1.56. The van der Waals surface area contributed by atoms with E-state index in [-0.39, 0.29) is 17.4 Å². The van der Waals surface area contributed by atoms with Crippen molar-refractivity contribution in [3.05, 3.63) is 28.8 Å². The molecule has 0 saturated heterocycles. The third-order valence-corrected chi connectivity index (χ3v) is 3.59.